The number of carboxylic acid groups (broad SMARTS) is 1. The summed E-state index contributed by atoms with van der Waals surface area (Å²) in [5.74, 6) is -0.551. The number of rotatable bonds is 5. The number of carboxylic acids is 1. The van der Waals surface area contributed by atoms with Gasteiger partial charge in [0.15, 0.2) is 5.69 Å². The number of hydrogen-bond donors (Lipinski definition) is 2. The largest absolute Gasteiger partial charge is 0.475 e. The van der Waals surface area contributed by atoms with Gasteiger partial charge in [0.25, 0.3) is 5.91 Å². The molecular weight excluding hydrogens is 276 g/mol. The van der Waals surface area contributed by atoms with E-state index < -0.39 is 5.97 Å². The lowest BCUT2D eigenvalue weighted by Crippen LogP contribution is -2.23. The number of hydrogen-bond acceptors (Lipinski definition) is 6. The van der Waals surface area contributed by atoms with Gasteiger partial charge in [-0.25, -0.2) is 4.79 Å². The number of nitrogens with zero attached hydrogens (tertiary/aromatic N) is 3. The molecule has 2 heterocycles. The second-order valence-electron chi connectivity index (χ2n) is 4.43. The summed E-state index contributed by atoms with van der Waals surface area (Å²) in [5, 5.41) is 19.4. The van der Waals surface area contributed by atoms with Crippen LogP contribution >= 0.6 is 0 Å². The standard InChI is InChI=1S/C13H14N4O4/c1-17(2)12(18)9-4-6-11(16-15-9)14-7-8-3-5-10(21-8)13(19)20/h3-6H,7H2,1-2H3,(H,14,16)(H,19,20). The van der Waals surface area contributed by atoms with Gasteiger partial charge in [0.1, 0.15) is 11.6 Å². The second-order valence-corrected chi connectivity index (χ2v) is 4.43. The molecule has 1 amide bonds. The van der Waals surface area contributed by atoms with E-state index in [4.69, 9.17) is 9.52 Å². The van der Waals surface area contributed by atoms with Crippen molar-refractivity contribution in [2.24, 2.45) is 0 Å². The summed E-state index contributed by atoms with van der Waals surface area (Å²) in [7, 11) is 3.26. The number of amides is 1. The van der Waals surface area contributed by atoms with Crippen molar-refractivity contribution in [1.82, 2.24) is 15.1 Å². The first kappa shape index (κ1) is 14.5. The fourth-order valence-corrected chi connectivity index (χ4v) is 1.54. The molecule has 0 saturated carbocycles. The van der Waals surface area contributed by atoms with Gasteiger partial charge in [-0.1, -0.05) is 0 Å². The first-order valence-electron chi connectivity index (χ1n) is 6.08. The molecule has 0 bridgehead atoms. The monoisotopic (exact) mass is 290 g/mol. The number of aromatic carboxylic acids is 1. The number of nitrogens with one attached hydrogen (secondary N) is 1. The average Bonchev–Trinajstić information content (AvgIpc) is 2.94. The van der Waals surface area contributed by atoms with Crippen LogP contribution < -0.4 is 5.32 Å². The molecule has 0 spiro atoms. The van der Waals surface area contributed by atoms with E-state index in [0.717, 1.165) is 0 Å². The van der Waals surface area contributed by atoms with E-state index in [-0.39, 0.29) is 23.9 Å². The van der Waals surface area contributed by atoms with Gasteiger partial charge < -0.3 is 19.7 Å². The normalized spacial score (nSPS) is 10.2. The lowest BCUT2D eigenvalue weighted by atomic mass is 10.3. The van der Waals surface area contributed by atoms with Crippen molar-refractivity contribution in [3.8, 4) is 0 Å². The molecule has 0 atom stereocenters. The average molecular weight is 290 g/mol. The van der Waals surface area contributed by atoms with Gasteiger partial charge >= 0.3 is 5.97 Å². The van der Waals surface area contributed by atoms with Crippen molar-refractivity contribution in [2.75, 3.05) is 19.4 Å². The summed E-state index contributed by atoms with van der Waals surface area (Å²) >= 11 is 0. The Morgan fingerprint density at radius 1 is 1.24 bits per heavy atom. The minimum Gasteiger partial charge on any atom is -0.475 e. The van der Waals surface area contributed by atoms with Crippen molar-refractivity contribution >= 4 is 17.7 Å². The molecule has 0 aliphatic heterocycles. The van der Waals surface area contributed by atoms with Crippen molar-refractivity contribution in [2.45, 2.75) is 6.54 Å². The Balaban J connectivity index is 1.97. The van der Waals surface area contributed by atoms with Crippen LogP contribution in [0.1, 0.15) is 26.8 Å². The molecule has 8 nitrogen and oxygen atoms in total. The Labute approximate surface area is 120 Å². The van der Waals surface area contributed by atoms with Crippen molar-refractivity contribution in [3.63, 3.8) is 0 Å². The summed E-state index contributed by atoms with van der Waals surface area (Å²) in [6, 6.07) is 6.12. The van der Waals surface area contributed by atoms with E-state index in [9.17, 15) is 9.59 Å². The Morgan fingerprint density at radius 3 is 2.52 bits per heavy atom. The summed E-state index contributed by atoms with van der Waals surface area (Å²) < 4.78 is 5.09. The zero-order valence-electron chi connectivity index (χ0n) is 11.5. The maximum atomic E-state index is 11.6. The third kappa shape index (κ3) is 3.56. The zero-order chi connectivity index (χ0) is 15.4. The molecule has 0 fully saturated rings. The van der Waals surface area contributed by atoms with Crippen LogP contribution in [0.2, 0.25) is 0 Å². The SMILES string of the molecule is CN(C)C(=O)c1ccc(NCc2ccc(C(=O)O)o2)nn1. The van der Waals surface area contributed by atoms with Crippen LogP contribution in [0, 0.1) is 0 Å². The highest BCUT2D eigenvalue weighted by Gasteiger charge is 2.11. The van der Waals surface area contributed by atoms with Gasteiger partial charge in [-0.05, 0) is 24.3 Å². The van der Waals surface area contributed by atoms with Crippen LogP contribution in [0.4, 0.5) is 5.82 Å². The Hall–Kier alpha value is -2.90. The van der Waals surface area contributed by atoms with Crippen molar-refractivity contribution in [3.05, 3.63) is 41.5 Å². The summed E-state index contributed by atoms with van der Waals surface area (Å²) in [6.45, 7) is 0.267. The first-order valence-corrected chi connectivity index (χ1v) is 6.08. The van der Waals surface area contributed by atoms with Crippen LogP contribution in [0.25, 0.3) is 0 Å². The number of furan rings is 1. The maximum absolute atomic E-state index is 11.6. The Morgan fingerprint density at radius 2 is 2.00 bits per heavy atom. The number of carbonyl (C=O) groups is 2. The number of anilines is 1. The summed E-state index contributed by atoms with van der Waals surface area (Å²) in [6.07, 6.45) is 0. The van der Waals surface area contributed by atoms with E-state index >= 15 is 0 Å². The predicted octanol–water partition coefficient (Wildman–Crippen LogP) is 1.08. The van der Waals surface area contributed by atoms with Gasteiger partial charge in [0, 0.05) is 14.1 Å². The molecule has 2 aromatic rings. The second kappa shape index (κ2) is 6.04. The molecule has 2 aromatic heterocycles. The molecule has 2 N–H and O–H groups in total. The van der Waals surface area contributed by atoms with Gasteiger partial charge in [0.2, 0.25) is 5.76 Å². The smallest absolute Gasteiger partial charge is 0.371 e. The summed E-state index contributed by atoms with van der Waals surface area (Å²) in [5.41, 5.74) is 0.247. The quantitative estimate of drug-likeness (QED) is 0.848. The van der Waals surface area contributed by atoms with E-state index in [1.54, 1.807) is 32.3 Å². The topological polar surface area (TPSA) is 109 Å². The highest BCUT2D eigenvalue weighted by atomic mass is 16.4. The highest BCUT2D eigenvalue weighted by molar-refractivity contribution is 5.91. The van der Waals surface area contributed by atoms with Gasteiger partial charge in [-0.15, -0.1) is 10.2 Å². The fraction of sp³-hybridized carbons (Fsp3) is 0.231. The van der Waals surface area contributed by atoms with Crippen LogP contribution in [0.15, 0.2) is 28.7 Å². The van der Waals surface area contributed by atoms with Crippen LogP contribution in [-0.4, -0.2) is 46.2 Å². The van der Waals surface area contributed by atoms with E-state index in [1.165, 1.54) is 11.0 Å². The van der Waals surface area contributed by atoms with Gasteiger partial charge in [0.05, 0.1) is 6.54 Å². The minimum absolute atomic E-state index is 0.121. The molecule has 8 heteroatoms. The molecule has 0 saturated heterocycles. The zero-order valence-corrected chi connectivity index (χ0v) is 11.5. The molecule has 0 unspecified atom stereocenters. The molecular formula is C13H14N4O4. The molecule has 0 aliphatic carbocycles. The lowest BCUT2D eigenvalue weighted by Gasteiger charge is -2.09. The predicted molar refractivity (Wildman–Crippen MR) is 73.0 cm³/mol. The third-order valence-corrected chi connectivity index (χ3v) is 2.61. The molecule has 0 radical (unpaired) electrons. The molecule has 2 rings (SSSR count). The van der Waals surface area contributed by atoms with Crippen LogP contribution in [0.5, 0.6) is 0 Å². The van der Waals surface area contributed by atoms with Crippen LogP contribution in [0.3, 0.4) is 0 Å². The molecule has 21 heavy (non-hydrogen) atoms. The Bertz CT molecular complexity index is 648. The van der Waals surface area contributed by atoms with Gasteiger partial charge in [-0.2, -0.15) is 0 Å². The van der Waals surface area contributed by atoms with Crippen molar-refractivity contribution in [1.29, 1.82) is 0 Å². The lowest BCUT2D eigenvalue weighted by molar-refractivity contribution is 0.0660. The molecule has 0 aliphatic rings. The van der Waals surface area contributed by atoms with Gasteiger partial charge in [-0.3, -0.25) is 4.79 Å². The van der Waals surface area contributed by atoms with E-state index in [1.807, 2.05) is 0 Å². The number of aromatic nitrogens is 2. The fourth-order valence-electron chi connectivity index (χ4n) is 1.54. The van der Waals surface area contributed by atoms with E-state index in [2.05, 4.69) is 15.5 Å². The van der Waals surface area contributed by atoms with Crippen LogP contribution in [-0.2, 0) is 6.54 Å². The highest BCUT2D eigenvalue weighted by Crippen LogP contribution is 2.10. The third-order valence-electron chi connectivity index (χ3n) is 2.61. The minimum atomic E-state index is -1.12. The summed E-state index contributed by atoms with van der Waals surface area (Å²) in [4.78, 5) is 23.7. The number of carbonyl (C=O) groups excluding carboxylic acids is 1. The Kier molecular flexibility index (Phi) is 4.17. The maximum Gasteiger partial charge on any atom is 0.371 e. The molecule has 0 aromatic carbocycles. The molecule has 110 valence electrons. The van der Waals surface area contributed by atoms with E-state index in [0.29, 0.717) is 11.6 Å². The van der Waals surface area contributed by atoms with Crippen molar-refractivity contribution < 1.29 is 19.1 Å². The first-order chi connectivity index (χ1) is 9.97.